The van der Waals surface area contributed by atoms with Gasteiger partial charge in [0.05, 0.1) is 0 Å². The highest BCUT2D eigenvalue weighted by Crippen LogP contribution is 2.18. The third kappa shape index (κ3) is 4.62. The molecule has 28 heavy (non-hydrogen) atoms. The Bertz CT molecular complexity index is 1010. The Labute approximate surface area is 164 Å². The normalized spacial score (nSPS) is 10.4. The van der Waals surface area contributed by atoms with Crippen LogP contribution < -0.4 is 10.6 Å². The number of para-hydroxylation sites is 1. The highest BCUT2D eigenvalue weighted by molar-refractivity contribution is 6.08. The molecular formula is C23H23N3O2. The van der Waals surface area contributed by atoms with Crippen LogP contribution in [-0.4, -0.2) is 16.8 Å². The third-order valence-electron chi connectivity index (χ3n) is 4.38. The molecule has 0 unspecified atom stereocenters. The van der Waals surface area contributed by atoms with Crippen LogP contribution in [0.2, 0.25) is 0 Å². The van der Waals surface area contributed by atoms with Crippen molar-refractivity contribution in [3.63, 3.8) is 0 Å². The summed E-state index contributed by atoms with van der Waals surface area (Å²) in [7, 11) is 0. The Morgan fingerprint density at radius 3 is 2.32 bits per heavy atom. The van der Waals surface area contributed by atoms with Crippen LogP contribution in [0.15, 0.2) is 60.8 Å². The Balaban J connectivity index is 1.77. The van der Waals surface area contributed by atoms with Crippen LogP contribution in [0, 0.1) is 13.8 Å². The van der Waals surface area contributed by atoms with E-state index in [4.69, 9.17) is 0 Å². The molecule has 3 rings (SSSR count). The summed E-state index contributed by atoms with van der Waals surface area (Å²) < 4.78 is 0. The molecule has 2 aromatic carbocycles. The van der Waals surface area contributed by atoms with Gasteiger partial charge in [0, 0.05) is 23.1 Å². The smallest absolute Gasteiger partial charge is 0.274 e. The van der Waals surface area contributed by atoms with Crippen molar-refractivity contribution >= 4 is 23.2 Å². The van der Waals surface area contributed by atoms with Crippen molar-refractivity contribution in [3.8, 4) is 0 Å². The Morgan fingerprint density at radius 1 is 0.893 bits per heavy atom. The van der Waals surface area contributed by atoms with Gasteiger partial charge in [-0.1, -0.05) is 31.2 Å². The van der Waals surface area contributed by atoms with Gasteiger partial charge in [0.2, 0.25) is 0 Å². The summed E-state index contributed by atoms with van der Waals surface area (Å²) >= 11 is 0. The number of anilines is 2. The summed E-state index contributed by atoms with van der Waals surface area (Å²) in [5.74, 6) is -0.627. The van der Waals surface area contributed by atoms with Gasteiger partial charge >= 0.3 is 0 Å². The molecule has 0 aliphatic rings. The average Bonchev–Trinajstić information content (AvgIpc) is 2.67. The average molecular weight is 373 g/mol. The van der Waals surface area contributed by atoms with Crippen LogP contribution in [0.1, 0.15) is 44.5 Å². The number of pyridine rings is 1. The number of nitrogens with zero attached hydrogens (tertiary/aromatic N) is 1. The number of hydrogen-bond donors (Lipinski definition) is 2. The first-order valence-corrected chi connectivity index (χ1v) is 9.21. The maximum atomic E-state index is 12.6. The summed E-state index contributed by atoms with van der Waals surface area (Å²) in [6.45, 7) is 5.98. The minimum absolute atomic E-state index is 0.190. The number of nitrogens with one attached hydrogen (secondary N) is 2. The number of amides is 2. The molecule has 0 atom stereocenters. The van der Waals surface area contributed by atoms with E-state index in [0.29, 0.717) is 11.3 Å². The monoisotopic (exact) mass is 373 g/mol. The lowest BCUT2D eigenvalue weighted by Gasteiger charge is -2.11. The van der Waals surface area contributed by atoms with E-state index in [9.17, 15) is 9.59 Å². The number of aryl methyl sites for hydroxylation is 3. The largest absolute Gasteiger partial charge is 0.322 e. The summed E-state index contributed by atoms with van der Waals surface area (Å²) in [6, 6.07) is 16.6. The van der Waals surface area contributed by atoms with E-state index in [1.54, 1.807) is 6.07 Å². The summed E-state index contributed by atoms with van der Waals surface area (Å²) in [6.07, 6.45) is 2.29. The predicted octanol–water partition coefficient (Wildman–Crippen LogP) is 4.77. The Hall–Kier alpha value is -3.47. The zero-order valence-corrected chi connectivity index (χ0v) is 16.2. The standard InChI is InChI=1S/C23H23N3O2/c1-4-17-7-5-6-8-20(17)26-22(27)18-9-10-24-21(14-18)23(28)25-19-12-15(2)11-16(3)13-19/h5-14H,4H2,1-3H3,(H,25,28)(H,26,27). The van der Waals surface area contributed by atoms with Gasteiger partial charge in [0.15, 0.2) is 0 Å². The lowest BCUT2D eigenvalue weighted by molar-refractivity contribution is 0.102. The van der Waals surface area contributed by atoms with E-state index in [2.05, 4.69) is 15.6 Å². The van der Waals surface area contributed by atoms with E-state index in [1.165, 1.54) is 12.3 Å². The number of aromatic nitrogens is 1. The number of carbonyl (C=O) groups is 2. The molecule has 1 aromatic heterocycles. The molecule has 0 aliphatic heterocycles. The molecule has 0 bridgehead atoms. The molecule has 0 saturated carbocycles. The number of rotatable bonds is 5. The minimum Gasteiger partial charge on any atom is -0.322 e. The second kappa shape index (κ2) is 8.48. The summed E-state index contributed by atoms with van der Waals surface area (Å²) in [5, 5.41) is 5.75. The van der Waals surface area contributed by atoms with Crippen molar-refractivity contribution in [1.82, 2.24) is 4.98 Å². The van der Waals surface area contributed by atoms with Gasteiger partial charge in [-0.15, -0.1) is 0 Å². The lowest BCUT2D eigenvalue weighted by atomic mass is 10.1. The van der Waals surface area contributed by atoms with Crippen LogP contribution in [-0.2, 0) is 6.42 Å². The molecule has 1 heterocycles. The molecule has 0 radical (unpaired) electrons. The fraction of sp³-hybridized carbons (Fsp3) is 0.174. The van der Waals surface area contributed by atoms with Gasteiger partial charge < -0.3 is 10.6 Å². The molecule has 2 N–H and O–H groups in total. The first kappa shape index (κ1) is 19.3. The molecule has 5 heteroatoms. The summed E-state index contributed by atoms with van der Waals surface area (Å²) in [4.78, 5) is 29.3. The molecule has 0 aliphatic carbocycles. The molecule has 5 nitrogen and oxygen atoms in total. The van der Waals surface area contributed by atoms with Crippen LogP contribution in [0.3, 0.4) is 0 Å². The predicted molar refractivity (Wildman–Crippen MR) is 112 cm³/mol. The zero-order valence-electron chi connectivity index (χ0n) is 16.2. The SMILES string of the molecule is CCc1ccccc1NC(=O)c1ccnc(C(=O)Nc2cc(C)cc(C)c2)c1. The van der Waals surface area contributed by atoms with Gasteiger partial charge in [-0.3, -0.25) is 14.6 Å². The molecule has 0 spiro atoms. The number of hydrogen-bond acceptors (Lipinski definition) is 3. The second-order valence-electron chi connectivity index (χ2n) is 6.73. The van der Waals surface area contributed by atoms with Gasteiger partial charge in [-0.2, -0.15) is 0 Å². The summed E-state index contributed by atoms with van der Waals surface area (Å²) in [5.41, 5.74) is 5.22. The van der Waals surface area contributed by atoms with E-state index in [-0.39, 0.29) is 17.5 Å². The zero-order chi connectivity index (χ0) is 20.1. The molecule has 0 saturated heterocycles. The minimum atomic E-state index is -0.353. The highest BCUT2D eigenvalue weighted by atomic mass is 16.2. The van der Waals surface area contributed by atoms with Crippen molar-refractivity contribution in [3.05, 3.63) is 88.7 Å². The Kier molecular flexibility index (Phi) is 5.84. The second-order valence-corrected chi connectivity index (χ2v) is 6.73. The number of benzene rings is 2. The van der Waals surface area contributed by atoms with Gasteiger partial charge in [-0.25, -0.2) is 0 Å². The van der Waals surface area contributed by atoms with Crippen LogP contribution in [0.5, 0.6) is 0 Å². The van der Waals surface area contributed by atoms with Crippen molar-refractivity contribution in [2.45, 2.75) is 27.2 Å². The lowest BCUT2D eigenvalue weighted by Crippen LogP contribution is -2.17. The van der Waals surface area contributed by atoms with E-state index in [0.717, 1.165) is 28.8 Å². The number of carbonyl (C=O) groups excluding carboxylic acids is 2. The topological polar surface area (TPSA) is 71.1 Å². The Morgan fingerprint density at radius 2 is 1.61 bits per heavy atom. The maximum absolute atomic E-state index is 12.6. The third-order valence-corrected chi connectivity index (χ3v) is 4.38. The van der Waals surface area contributed by atoms with E-state index >= 15 is 0 Å². The van der Waals surface area contributed by atoms with Crippen LogP contribution in [0.25, 0.3) is 0 Å². The molecule has 142 valence electrons. The molecule has 2 amide bonds. The first-order chi connectivity index (χ1) is 13.5. The fourth-order valence-corrected chi connectivity index (χ4v) is 3.08. The van der Waals surface area contributed by atoms with Gasteiger partial charge in [0.1, 0.15) is 5.69 Å². The van der Waals surface area contributed by atoms with E-state index < -0.39 is 0 Å². The van der Waals surface area contributed by atoms with Crippen molar-refractivity contribution in [2.75, 3.05) is 10.6 Å². The van der Waals surface area contributed by atoms with Gasteiger partial charge in [-0.05, 0) is 67.3 Å². The fourth-order valence-electron chi connectivity index (χ4n) is 3.08. The van der Waals surface area contributed by atoms with Crippen LogP contribution in [0.4, 0.5) is 11.4 Å². The van der Waals surface area contributed by atoms with Crippen molar-refractivity contribution in [2.24, 2.45) is 0 Å². The van der Waals surface area contributed by atoms with Crippen LogP contribution >= 0.6 is 0 Å². The van der Waals surface area contributed by atoms with E-state index in [1.807, 2.05) is 63.2 Å². The first-order valence-electron chi connectivity index (χ1n) is 9.21. The molecule has 0 fully saturated rings. The van der Waals surface area contributed by atoms with Gasteiger partial charge in [0.25, 0.3) is 11.8 Å². The van der Waals surface area contributed by atoms with Crippen molar-refractivity contribution < 1.29 is 9.59 Å². The van der Waals surface area contributed by atoms with Crippen molar-refractivity contribution in [1.29, 1.82) is 0 Å². The quantitative estimate of drug-likeness (QED) is 0.677. The highest BCUT2D eigenvalue weighted by Gasteiger charge is 2.13. The molecular weight excluding hydrogens is 350 g/mol. The molecule has 3 aromatic rings. The maximum Gasteiger partial charge on any atom is 0.274 e.